The summed E-state index contributed by atoms with van der Waals surface area (Å²) in [7, 11) is 0. The van der Waals surface area contributed by atoms with E-state index in [9.17, 15) is 0 Å². The maximum atomic E-state index is 6.12. The first-order valence-electron chi connectivity index (χ1n) is 6.67. The molecule has 94 valence electrons. The van der Waals surface area contributed by atoms with E-state index >= 15 is 0 Å². The monoisotopic (exact) mass is 242 g/mol. The molecule has 0 amide bonds. The highest BCUT2D eigenvalue weighted by molar-refractivity contribution is 8.00. The number of hydrogen-bond acceptors (Lipinski definition) is 3. The van der Waals surface area contributed by atoms with Gasteiger partial charge in [-0.3, -0.25) is 4.90 Å². The van der Waals surface area contributed by atoms with E-state index in [0.717, 1.165) is 17.7 Å². The van der Waals surface area contributed by atoms with Crippen LogP contribution in [0.4, 0.5) is 0 Å². The highest BCUT2D eigenvalue weighted by Gasteiger charge is 2.45. The van der Waals surface area contributed by atoms with Crippen LogP contribution >= 0.6 is 11.8 Å². The summed E-state index contributed by atoms with van der Waals surface area (Å²) < 4.78 is 0. The zero-order valence-corrected chi connectivity index (χ0v) is 11.7. The van der Waals surface area contributed by atoms with Crippen molar-refractivity contribution in [2.75, 3.05) is 18.8 Å². The predicted molar refractivity (Wildman–Crippen MR) is 72.9 cm³/mol. The van der Waals surface area contributed by atoms with Crippen LogP contribution in [0.1, 0.15) is 40.0 Å². The second kappa shape index (κ2) is 4.87. The van der Waals surface area contributed by atoms with E-state index < -0.39 is 0 Å². The Balaban J connectivity index is 2.14. The van der Waals surface area contributed by atoms with Gasteiger partial charge in [-0.05, 0) is 32.1 Å². The Morgan fingerprint density at radius 3 is 2.69 bits per heavy atom. The van der Waals surface area contributed by atoms with Gasteiger partial charge in [-0.2, -0.15) is 11.8 Å². The summed E-state index contributed by atoms with van der Waals surface area (Å²) in [4.78, 5) is 2.73. The van der Waals surface area contributed by atoms with Gasteiger partial charge in [0.05, 0.1) is 0 Å². The van der Waals surface area contributed by atoms with Gasteiger partial charge in [0.25, 0.3) is 0 Å². The van der Waals surface area contributed by atoms with Crippen molar-refractivity contribution in [1.29, 1.82) is 0 Å². The van der Waals surface area contributed by atoms with E-state index in [1.54, 1.807) is 0 Å². The van der Waals surface area contributed by atoms with Gasteiger partial charge in [0.15, 0.2) is 0 Å². The van der Waals surface area contributed by atoms with Crippen molar-refractivity contribution in [2.24, 2.45) is 11.7 Å². The summed E-state index contributed by atoms with van der Waals surface area (Å²) in [6.45, 7) is 9.21. The molecule has 2 fully saturated rings. The zero-order valence-electron chi connectivity index (χ0n) is 10.9. The SMILES string of the molecule is CC1CCC(CN)(N2CCSC(C)C2C)C1. The van der Waals surface area contributed by atoms with Crippen molar-refractivity contribution in [2.45, 2.75) is 56.9 Å². The van der Waals surface area contributed by atoms with Crippen LogP contribution in [0.5, 0.6) is 0 Å². The smallest absolute Gasteiger partial charge is 0.0337 e. The Hall–Kier alpha value is 0.270. The molecule has 4 atom stereocenters. The molecule has 0 spiro atoms. The van der Waals surface area contributed by atoms with Gasteiger partial charge in [0, 0.05) is 35.7 Å². The Labute approximate surface area is 104 Å². The number of nitrogens with zero attached hydrogens (tertiary/aromatic N) is 1. The van der Waals surface area contributed by atoms with Crippen molar-refractivity contribution >= 4 is 11.8 Å². The van der Waals surface area contributed by atoms with Gasteiger partial charge in [-0.25, -0.2) is 0 Å². The molecule has 0 aromatic carbocycles. The number of rotatable bonds is 2. The van der Waals surface area contributed by atoms with Gasteiger partial charge in [0.2, 0.25) is 0 Å². The van der Waals surface area contributed by atoms with Gasteiger partial charge in [-0.1, -0.05) is 13.8 Å². The molecule has 16 heavy (non-hydrogen) atoms. The van der Waals surface area contributed by atoms with Crippen molar-refractivity contribution in [3.63, 3.8) is 0 Å². The van der Waals surface area contributed by atoms with Crippen LogP contribution in [-0.4, -0.2) is 40.6 Å². The first-order valence-corrected chi connectivity index (χ1v) is 7.72. The van der Waals surface area contributed by atoms with Crippen molar-refractivity contribution in [3.05, 3.63) is 0 Å². The van der Waals surface area contributed by atoms with Crippen LogP contribution in [0, 0.1) is 5.92 Å². The topological polar surface area (TPSA) is 29.3 Å². The lowest BCUT2D eigenvalue weighted by molar-refractivity contribution is 0.0593. The maximum absolute atomic E-state index is 6.12. The quantitative estimate of drug-likeness (QED) is 0.806. The van der Waals surface area contributed by atoms with Crippen molar-refractivity contribution < 1.29 is 0 Å². The summed E-state index contributed by atoms with van der Waals surface area (Å²) in [6, 6.07) is 0.688. The molecule has 0 aromatic heterocycles. The van der Waals surface area contributed by atoms with Crippen LogP contribution in [0.25, 0.3) is 0 Å². The van der Waals surface area contributed by atoms with E-state index in [4.69, 9.17) is 5.73 Å². The lowest BCUT2D eigenvalue weighted by Gasteiger charge is -2.49. The minimum absolute atomic E-state index is 0.327. The summed E-state index contributed by atoms with van der Waals surface area (Å²) in [5.74, 6) is 2.14. The van der Waals surface area contributed by atoms with Crippen LogP contribution in [-0.2, 0) is 0 Å². The maximum Gasteiger partial charge on any atom is 0.0337 e. The highest BCUT2D eigenvalue weighted by atomic mass is 32.2. The predicted octanol–water partition coefficient (Wildman–Crippen LogP) is 2.33. The normalized spacial score (nSPS) is 46.1. The average Bonchev–Trinajstić information content (AvgIpc) is 2.65. The minimum atomic E-state index is 0.327. The molecule has 1 saturated carbocycles. The molecule has 1 aliphatic carbocycles. The molecule has 2 rings (SSSR count). The molecule has 0 aromatic rings. The molecule has 2 aliphatic rings. The lowest BCUT2D eigenvalue weighted by atomic mass is 9.91. The molecular weight excluding hydrogens is 216 g/mol. The molecule has 2 N–H and O–H groups in total. The summed E-state index contributed by atoms with van der Waals surface area (Å²) in [6.07, 6.45) is 3.99. The third-order valence-corrected chi connectivity index (χ3v) is 6.04. The van der Waals surface area contributed by atoms with Crippen LogP contribution < -0.4 is 5.73 Å². The average molecular weight is 242 g/mol. The Kier molecular flexibility index (Phi) is 3.87. The number of nitrogens with two attached hydrogens (primary N) is 1. The summed E-state index contributed by atoms with van der Waals surface area (Å²) >= 11 is 2.12. The van der Waals surface area contributed by atoms with Gasteiger partial charge in [0.1, 0.15) is 0 Å². The van der Waals surface area contributed by atoms with E-state index in [1.165, 1.54) is 31.6 Å². The molecule has 1 heterocycles. The highest BCUT2D eigenvalue weighted by Crippen LogP contribution is 2.42. The first-order chi connectivity index (χ1) is 7.59. The molecule has 3 heteroatoms. The van der Waals surface area contributed by atoms with Crippen LogP contribution in [0.3, 0.4) is 0 Å². The first kappa shape index (κ1) is 12.7. The molecule has 2 nitrogen and oxygen atoms in total. The second-order valence-electron chi connectivity index (χ2n) is 5.79. The second-order valence-corrected chi connectivity index (χ2v) is 7.27. The third-order valence-electron chi connectivity index (χ3n) is 4.70. The zero-order chi connectivity index (χ0) is 11.8. The van der Waals surface area contributed by atoms with Gasteiger partial charge in [-0.15, -0.1) is 0 Å². The molecule has 0 radical (unpaired) electrons. The Bertz CT molecular complexity index is 246. The largest absolute Gasteiger partial charge is 0.329 e. The summed E-state index contributed by atoms with van der Waals surface area (Å²) in [5.41, 5.74) is 6.45. The number of thioether (sulfide) groups is 1. The fourth-order valence-corrected chi connectivity index (χ4v) is 4.63. The minimum Gasteiger partial charge on any atom is -0.329 e. The van der Waals surface area contributed by atoms with E-state index in [-0.39, 0.29) is 0 Å². The van der Waals surface area contributed by atoms with E-state index in [2.05, 4.69) is 37.4 Å². The summed E-state index contributed by atoms with van der Waals surface area (Å²) in [5, 5.41) is 0.757. The van der Waals surface area contributed by atoms with Crippen molar-refractivity contribution in [3.8, 4) is 0 Å². The molecule has 0 bridgehead atoms. The molecule has 1 saturated heterocycles. The standard InChI is InChI=1S/C13H26N2S/c1-10-4-5-13(8-10,9-14)15-6-7-16-12(3)11(15)2/h10-12H,4-9,14H2,1-3H3. The van der Waals surface area contributed by atoms with Crippen LogP contribution in [0.2, 0.25) is 0 Å². The third kappa shape index (κ3) is 2.14. The Morgan fingerprint density at radius 2 is 2.12 bits per heavy atom. The van der Waals surface area contributed by atoms with Gasteiger partial charge < -0.3 is 5.73 Å². The fraction of sp³-hybridized carbons (Fsp3) is 1.00. The number of hydrogen-bond donors (Lipinski definition) is 1. The van der Waals surface area contributed by atoms with Gasteiger partial charge >= 0.3 is 0 Å². The van der Waals surface area contributed by atoms with Crippen LogP contribution in [0.15, 0.2) is 0 Å². The molecular formula is C13H26N2S. The van der Waals surface area contributed by atoms with E-state index in [1.807, 2.05) is 0 Å². The van der Waals surface area contributed by atoms with Crippen molar-refractivity contribution in [1.82, 2.24) is 4.90 Å². The van der Waals surface area contributed by atoms with E-state index in [0.29, 0.717) is 11.6 Å². The molecule has 1 aliphatic heterocycles. The fourth-order valence-electron chi connectivity index (χ4n) is 3.53. The Morgan fingerprint density at radius 1 is 1.38 bits per heavy atom. The lowest BCUT2D eigenvalue weighted by Crippen LogP contribution is -2.60. The molecule has 4 unspecified atom stereocenters.